The molecule has 6 rings (SSSR count). The minimum atomic E-state index is -4.39. The summed E-state index contributed by atoms with van der Waals surface area (Å²) in [6.45, 7) is -1.16. The Hall–Kier alpha value is -4.48. The number of pyridine rings is 1. The average molecular weight is 522 g/mol. The monoisotopic (exact) mass is 522 g/mol. The summed E-state index contributed by atoms with van der Waals surface area (Å²) in [6.07, 6.45) is 2.57. The molecule has 5 aromatic rings. The highest BCUT2D eigenvalue weighted by Crippen LogP contribution is 2.56. The standard InChI is InChI=1S/C26H21F3N6O3/c1-37-24-19(12-31-25(32-24)38-2)20-11-17(23-30-6-8-35(23)33-20)16-10-15(16)14-3-4-21-18(9-14)22(36)5-7-34(21)13-26(27,28)29/h3-9,11-12,15-16H,10,13H2,1-2H3/t15-,16+/m1/s1. The van der Waals surface area contributed by atoms with Gasteiger partial charge in [-0.1, -0.05) is 6.07 Å². The molecule has 1 aliphatic rings. The summed E-state index contributed by atoms with van der Waals surface area (Å²) in [5, 5.41) is 4.91. The minimum absolute atomic E-state index is 0.0693. The average Bonchev–Trinajstić information content (AvgIpc) is 3.56. The molecule has 0 radical (unpaired) electrons. The maximum Gasteiger partial charge on any atom is 0.406 e. The molecular formula is C26H21F3N6O3. The van der Waals surface area contributed by atoms with Crippen LogP contribution < -0.4 is 14.9 Å². The van der Waals surface area contributed by atoms with Crippen LogP contribution in [0, 0.1) is 0 Å². The molecule has 12 heteroatoms. The Balaban J connectivity index is 1.38. The molecule has 0 aliphatic heterocycles. The number of hydrogen-bond donors (Lipinski definition) is 0. The van der Waals surface area contributed by atoms with E-state index >= 15 is 0 Å². The number of halogens is 3. The lowest BCUT2D eigenvalue weighted by molar-refractivity contribution is -0.139. The lowest BCUT2D eigenvalue weighted by Gasteiger charge is -2.14. The predicted molar refractivity (Wildman–Crippen MR) is 131 cm³/mol. The molecule has 1 aromatic carbocycles. The van der Waals surface area contributed by atoms with Crippen LogP contribution in [0.2, 0.25) is 0 Å². The van der Waals surface area contributed by atoms with Crippen molar-refractivity contribution in [3.05, 3.63) is 76.5 Å². The zero-order valence-corrected chi connectivity index (χ0v) is 20.3. The van der Waals surface area contributed by atoms with E-state index in [1.54, 1.807) is 41.3 Å². The zero-order valence-electron chi connectivity index (χ0n) is 20.3. The van der Waals surface area contributed by atoms with E-state index in [1.807, 2.05) is 6.07 Å². The van der Waals surface area contributed by atoms with Crippen LogP contribution in [0.15, 0.2) is 59.9 Å². The highest BCUT2D eigenvalue weighted by molar-refractivity contribution is 5.80. The van der Waals surface area contributed by atoms with Crippen molar-refractivity contribution in [1.29, 1.82) is 0 Å². The molecule has 0 spiro atoms. The van der Waals surface area contributed by atoms with E-state index in [1.165, 1.54) is 26.5 Å². The maximum atomic E-state index is 13.0. The van der Waals surface area contributed by atoms with E-state index in [9.17, 15) is 18.0 Å². The summed E-state index contributed by atoms with van der Waals surface area (Å²) in [7, 11) is 2.97. The number of rotatable bonds is 6. The number of ether oxygens (including phenoxy) is 2. The largest absolute Gasteiger partial charge is 0.480 e. The molecule has 1 saturated carbocycles. The first-order chi connectivity index (χ1) is 18.3. The summed E-state index contributed by atoms with van der Waals surface area (Å²) in [5.74, 6) is 0.456. The summed E-state index contributed by atoms with van der Waals surface area (Å²) in [5.41, 5.74) is 3.64. The van der Waals surface area contributed by atoms with Crippen molar-refractivity contribution in [3.63, 3.8) is 0 Å². The zero-order chi connectivity index (χ0) is 26.6. The van der Waals surface area contributed by atoms with Gasteiger partial charge in [-0.3, -0.25) is 4.79 Å². The molecule has 4 heterocycles. The van der Waals surface area contributed by atoms with Crippen molar-refractivity contribution in [2.45, 2.75) is 31.0 Å². The van der Waals surface area contributed by atoms with Crippen LogP contribution in [0.4, 0.5) is 13.2 Å². The van der Waals surface area contributed by atoms with Crippen LogP contribution in [0.1, 0.15) is 29.4 Å². The van der Waals surface area contributed by atoms with Gasteiger partial charge in [-0.2, -0.15) is 23.3 Å². The number of imidazole rings is 1. The van der Waals surface area contributed by atoms with Gasteiger partial charge in [-0.15, -0.1) is 0 Å². The number of fused-ring (bicyclic) bond motifs is 2. The summed E-state index contributed by atoms with van der Waals surface area (Å²) in [4.78, 5) is 25.5. The third-order valence-corrected chi connectivity index (χ3v) is 6.74. The Labute approximate surface area is 213 Å². The van der Waals surface area contributed by atoms with Crippen molar-refractivity contribution in [2.24, 2.45) is 0 Å². The molecule has 0 N–H and O–H groups in total. The minimum Gasteiger partial charge on any atom is -0.480 e. The van der Waals surface area contributed by atoms with Crippen molar-refractivity contribution < 1.29 is 22.6 Å². The first-order valence-electron chi connectivity index (χ1n) is 11.8. The predicted octanol–water partition coefficient (Wildman–Crippen LogP) is 4.35. The third kappa shape index (κ3) is 4.21. The lowest BCUT2D eigenvalue weighted by Crippen LogP contribution is -2.19. The van der Waals surface area contributed by atoms with Gasteiger partial charge < -0.3 is 14.0 Å². The Morgan fingerprint density at radius 3 is 2.66 bits per heavy atom. The molecule has 0 saturated heterocycles. The summed E-state index contributed by atoms with van der Waals surface area (Å²) >= 11 is 0. The van der Waals surface area contributed by atoms with E-state index in [4.69, 9.17) is 9.47 Å². The SMILES string of the molecule is COc1ncc(-c2cc([C@H]3C[C@@H]3c3ccc4c(c3)c(=O)ccn4CC(F)(F)F)c3nccn3n2)c(OC)n1. The molecule has 4 aromatic heterocycles. The van der Waals surface area contributed by atoms with Gasteiger partial charge in [0.1, 0.15) is 6.54 Å². The summed E-state index contributed by atoms with van der Waals surface area (Å²) < 4.78 is 52.4. The quantitative estimate of drug-likeness (QED) is 0.327. The van der Waals surface area contributed by atoms with Crippen LogP contribution in [0.25, 0.3) is 27.8 Å². The van der Waals surface area contributed by atoms with E-state index in [2.05, 4.69) is 20.1 Å². The van der Waals surface area contributed by atoms with Gasteiger partial charge >= 0.3 is 12.2 Å². The van der Waals surface area contributed by atoms with Crippen molar-refractivity contribution in [1.82, 2.24) is 29.1 Å². The van der Waals surface area contributed by atoms with Gasteiger partial charge in [-0.05, 0) is 42.0 Å². The third-order valence-electron chi connectivity index (χ3n) is 6.74. The number of alkyl halides is 3. The van der Waals surface area contributed by atoms with Crippen molar-refractivity contribution >= 4 is 16.6 Å². The molecule has 38 heavy (non-hydrogen) atoms. The van der Waals surface area contributed by atoms with E-state index < -0.39 is 12.7 Å². The molecule has 1 aliphatic carbocycles. The van der Waals surface area contributed by atoms with Crippen LogP contribution in [0.5, 0.6) is 11.9 Å². The molecule has 0 unspecified atom stereocenters. The molecule has 9 nitrogen and oxygen atoms in total. The number of aromatic nitrogens is 6. The molecular weight excluding hydrogens is 501 g/mol. The first kappa shape index (κ1) is 23.9. The summed E-state index contributed by atoms with van der Waals surface area (Å²) in [6, 6.07) is 8.37. The van der Waals surface area contributed by atoms with Crippen LogP contribution in [-0.4, -0.2) is 49.5 Å². The number of hydrogen-bond acceptors (Lipinski definition) is 7. The lowest BCUT2D eigenvalue weighted by atomic mass is 10.0. The fraction of sp³-hybridized carbons (Fsp3) is 0.269. The molecule has 0 amide bonds. The normalized spacial score (nSPS) is 17.2. The van der Waals surface area contributed by atoms with Gasteiger partial charge in [0, 0.05) is 41.8 Å². The second-order valence-corrected chi connectivity index (χ2v) is 9.11. The molecule has 0 bridgehead atoms. The van der Waals surface area contributed by atoms with Gasteiger partial charge in [0.05, 0.1) is 31.0 Å². The Morgan fingerprint density at radius 2 is 1.89 bits per heavy atom. The second kappa shape index (κ2) is 8.82. The van der Waals surface area contributed by atoms with E-state index in [-0.39, 0.29) is 34.2 Å². The van der Waals surface area contributed by atoms with Crippen molar-refractivity contribution in [3.8, 4) is 23.1 Å². The first-order valence-corrected chi connectivity index (χ1v) is 11.8. The number of benzene rings is 1. The fourth-order valence-electron chi connectivity index (χ4n) is 4.92. The molecule has 194 valence electrons. The Bertz CT molecular complexity index is 1750. The number of nitrogens with zero attached hydrogens (tertiary/aromatic N) is 6. The topological polar surface area (TPSA) is 96.4 Å². The van der Waals surface area contributed by atoms with Crippen LogP contribution in [0.3, 0.4) is 0 Å². The van der Waals surface area contributed by atoms with Crippen molar-refractivity contribution in [2.75, 3.05) is 14.2 Å². The van der Waals surface area contributed by atoms with Gasteiger partial charge in [0.25, 0.3) is 0 Å². The van der Waals surface area contributed by atoms with Crippen LogP contribution in [-0.2, 0) is 6.54 Å². The molecule has 2 atom stereocenters. The van der Waals surface area contributed by atoms with Gasteiger partial charge in [0.2, 0.25) is 5.88 Å². The number of methoxy groups -OCH3 is 2. The maximum absolute atomic E-state index is 13.0. The highest BCUT2D eigenvalue weighted by atomic mass is 19.4. The fourth-order valence-corrected chi connectivity index (χ4v) is 4.92. The van der Waals surface area contributed by atoms with E-state index in [0.29, 0.717) is 22.8 Å². The second-order valence-electron chi connectivity index (χ2n) is 9.11. The molecule has 1 fully saturated rings. The Morgan fingerprint density at radius 1 is 1.05 bits per heavy atom. The highest BCUT2D eigenvalue weighted by Gasteiger charge is 2.41. The smallest absolute Gasteiger partial charge is 0.406 e. The van der Waals surface area contributed by atoms with Crippen LogP contribution >= 0.6 is 0 Å². The van der Waals surface area contributed by atoms with Gasteiger partial charge in [0.15, 0.2) is 11.1 Å². The van der Waals surface area contributed by atoms with E-state index in [0.717, 1.165) is 22.1 Å². The van der Waals surface area contributed by atoms with Gasteiger partial charge in [-0.25, -0.2) is 14.5 Å². The Kier molecular flexibility index (Phi) is 5.55.